The Bertz CT molecular complexity index is 483. The minimum atomic E-state index is 0.328. The molecule has 0 saturated carbocycles. The zero-order valence-corrected chi connectivity index (χ0v) is 12.3. The summed E-state index contributed by atoms with van der Waals surface area (Å²) in [7, 11) is 0. The molecule has 0 aliphatic heterocycles. The number of ether oxygens (including phenoxy) is 1. The van der Waals surface area contributed by atoms with Crippen molar-refractivity contribution < 1.29 is 4.74 Å². The molecule has 2 heteroatoms. The molecular formula is C18H23NO. The van der Waals surface area contributed by atoms with E-state index in [0.717, 1.165) is 12.2 Å². The molecule has 2 unspecified atom stereocenters. The molecule has 2 aromatic rings. The Morgan fingerprint density at radius 2 is 1.45 bits per heavy atom. The predicted molar refractivity (Wildman–Crippen MR) is 84.1 cm³/mol. The Labute approximate surface area is 121 Å². The molecule has 0 amide bonds. The molecule has 0 heterocycles. The van der Waals surface area contributed by atoms with Crippen LogP contribution in [-0.4, -0.2) is 18.7 Å². The van der Waals surface area contributed by atoms with Gasteiger partial charge < -0.3 is 10.1 Å². The summed E-state index contributed by atoms with van der Waals surface area (Å²) in [5.41, 5.74) is 1.36. The van der Waals surface area contributed by atoms with Crippen LogP contribution in [0.3, 0.4) is 0 Å². The molecular weight excluding hydrogens is 246 g/mol. The predicted octanol–water partition coefficient (Wildman–Crippen LogP) is 3.67. The minimum Gasteiger partial charge on any atom is -0.492 e. The average Bonchev–Trinajstić information content (AvgIpc) is 2.47. The van der Waals surface area contributed by atoms with Gasteiger partial charge in [-0.05, 0) is 38.0 Å². The fraction of sp³-hybridized carbons (Fsp3) is 0.333. The average molecular weight is 269 g/mol. The number of hydrogen-bond acceptors (Lipinski definition) is 2. The van der Waals surface area contributed by atoms with E-state index in [1.807, 2.05) is 30.3 Å². The first-order chi connectivity index (χ1) is 9.74. The lowest BCUT2D eigenvalue weighted by molar-refractivity contribution is 0.263. The molecule has 0 spiro atoms. The summed E-state index contributed by atoms with van der Waals surface area (Å²) in [6.07, 6.45) is 1.04. The Morgan fingerprint density at radius 3 is 2.10 bits per heavy atom. The van der Waals surface area contributed by atoms with Crippen LogP contribution < -0.4 is 10.1 Å². The molecule has 0 radical (unpaired) electrons. The van der Waals surface area contributed by atoms with Gasteiger partial charge in [0.15, 0.2) is 0 Å². The van der Waals surface area contributed by atoms with Crippen molar-refractivity contribution in [1.82, 2.24) is 5.32 Å². The fourth-order valence-electron chi connectivity index (χ4n) is 2.30. The van der Waals surface area contributed by atoms with Crippen LogP contribution in [0.25, 0.3) is 0 Å². The number of nitrogens with one attached hydrogen (secondary N) is 1. The van der Waals surface area contributed by atoms with Crippen molar-refractivity contribution in [1.29, 1.82) is 0 Å². The van der Waals surface area contributed by atoms with Gasteiger partial charge in [0.05, 0.1) is 0 Å². The fourth-order valence-corrected chi connectivity index (χ4v) is 2.30. The number of benzene rings is 2. The van der Waals surface area contributed by atoms with Gasteiger partial charge in [-0.3, -0.25) is 0 Å². The largest absolute Gasteiger partial charge is 0.492 e. The molecule has 1 N–H and O–H groups in total. The minimum absolute atomic E-state index is 0.328. The van der Waals surface area contributed by atoms with E-state index in [1.165, 1.54) is 5.56 Å². The first-order valence-corrected chi connectivity index (χ1v) is 7.22. The van der Waals surface area contributed by atoms with Gasteiger partial charge >= 0.3 is 0 Å². The van der Waals surface area contributed by atoms with Crippen LogP contribution in [0.5, 0.6) is 5.75 Å². The second-order valence-electron chi connectivity index (χ2n) is 5.28. The van der Waals surface area contributed by atoms with E-state index >= 15 is 0 Å². The van der Waals surface area contributed by atoms with Gasteiger partial charge in [0, 0.05) is 12.1 Å². The first kappa shape index (κ1) is 14.6. The normalized spacial score (nSPS) is 13.7. The lowest BCUT2D eigenvalue weighted by Crippen LogP contribution is -2.39. The molecule has 0 bridgehead atoms. The van der Waals surface area contributed by atoms with Gasteiger partial charge in [-0.15, -0.1) is 0 Å². The summed E-state index contributed by atoms with van der Waals surface area (Å²) in [4.78, 5) is 0. The van der Waals surface area contributed by atoms with Crippen LogP contribution in [0.2, 0.25) is 0 Å². The maximum Gasteiger partial charge on any atom is 0.119 e. The van der Waals surface area contributed by atoms with E-state index in [4.69, 9.17) is 4.74 Å². The van der Waals surface area contributed by atoms with Gasteiger partial charge in [-0.2, -0.15) is 0 Å². The van der Waals surface area contributed by atoms with Gasteiger partial charge in [-0.1, -0.05) is 48.5 Å². The molecule has 2 aromatic carbocycles. The smallest absolute Gasteiger partial charge is 0.119 e. The molecule has 0 aliphatic rings. The van der Waals surface area contributed by atoms with Crippen LogP contribution in [0.4, 0.5) is 0 Å². The van der Waals surface area contributed by atoms with Crippen LogP contribution >= 0.6 is 0 Å². The van der Waals surface area contributed by atoms with Gasteiger partial charge in [-0.25, -0.2) is 0 Å². The Hall–Kier alpha value is -1.80. The summed E-state index contributed by atoms with van der Waals surface area (Å²) in [6, 6.07) is 21.3. The standard InChI is InChI=1S/C18H23NO/c1-15(13-17-9-5-3-6-10-17)19-16(2)14-20-18-11-7-4-8-12-18/h3-12,15-16,19H,13-14H2,1-2H3. The van der Waals surface area contributed by atoms with Crippen LogP contribution in [0.15, 0.2) is 60.7 Å². The van der Waals surface area contributed by atoms with E-state index in [0.29, 0.717) is 18.7 Å². The highest BCUT2D eigenvalue weighted by molar-refractivity contribution is 5.21. The maximum atomic E-state index is 5.76. The highest BCUT2D eigenvalue weighted by Gasteiger charge is 2.08. The van der Waals surface area contributed by atoms with Crippen molar-refractivity contribution in [3.05, 3.63) is 66.2 Å². The molecule has 0 aliphatic carbocycles. The molecule has 0 aromatic heterocycles. The summed E-state index contributed by atoms with van der Waals surface area (Å²) in [5.74, 6) is 0.928. The quantitative estimate of drug-likeness (QED) is 0.828. The van der Waals surface area contributed by atoms with E-state index in [-0.39, 0.29) is 0 Å². The third-order valence-corrected chi connectivity index (χ3v) is 3.20. The van der Waals surface area contributed by atoms with Gasteiger partial charge in [0.25, 0.3) is 0 Å². The topological polar surface area (TPSA) is 21.3 Å². The van der Waals surface area contributed by atoms with Crippen molar-refractivity contribution in [3.8, 4) is 5.75 Å². The monoisotopic (exact) mass is 269 g/mol. The first-order valence-electron chi connectivity index (χ1n) is 7.22. The lowest BCUT2D eigenvalue weighted by atomic mass is 10.1. The SMILES string of the molecule is CC(COc1ccccc1)NC(C)Cc1ccccc1. The summed E-state index contributed by atoms with van der Waals surface area (Å²) in [5, 5.41) is 3.57. The molecule has 0 fully saturated rings. The third kappa shape index (κ3) is 5.06. The van der Waals surface area contributed by atoms with E-state index < -0.39 is 0 Å². The van der Waals surface area contributed by atoms with Gasteiger partial charge in [0.1, 0.15) is 12.4 Å². The molecule has 0 saturated heterocycles. The summed E-state index contributed by atoms with van der Waals surface area (Å²) >= 11 is 0. The van der Waals surface area contributed by atoms with Crippen LogP contribution in [0, 0.1) is 0 Å². The lowest BCUT2D eigenvalue weighted by Gasteiger charge is -2.20. The third-order valence-electron chi connectivity index (χ3n) is 3.20. The van der Waals surface area contributed by atoms with E-state index in [2.05, 4.69) is 49.5 Å². The van der Waals surface area contributed by atoms with Crippen LogP contribution in [-0.2, 0) is 6.42 Å². The van der Waals surface area contributed by atoms with Crippen molar-refractivity contribution in [3.63, 3.8) is 0 Å². The number of para-hydroxylation sites is 1. The van der Waals surface area contributed by atoms with E-state index in [1.54, 1.807) is 0 Å². The molecule has 2 rings (SSSR count). The number of rotatable bonds is 7. The second-order valence-corrected chi connectivity index (χ2v) is 5.28. The Balaban J connectivity index is 1.72. The molecule has 20 heavy (non-hydrogen) atoms. The highest BCUT2D eigenvalue weighted by atomic mass is 16.5. The zero-order chi connectivity index (χ0) is 14.2. The second kappa shape index (κ2) is 7.71. The summed E-state index contributed by atoms with van der Waals surface area (Å²) in [6.45, 7) is 5.06. The number of hydrogen-bond donors (Lipinski definition) is 1. The van der Waals surface area contributed by atoms with Crippen molar-refractivity contribution >= 4 is 0 Å². The highest BCUT2D eigenvalue weighted by Crippen LogP contribution is 2.09. The van der Waals surface area contributed by atoms with Gasteiger partial charge in [0.2, 0.25) is 0 Å². The maximum absolute atomic E-state index is 5.76. The van der Waals surface area contributed by atoms with E-state index in [9.17, 15) is 0 Å². The zero-order valence-electron chi connectivity index (χ0n) is 12.3. The Kier molecular flexibility index (Phi) is 5.63. The van der Waals surface area contributed by atoms with Crippen molar-refractivity contribution in [2.75, 3.05) is 6.61 Å². The molecule has 2 atom stereocenters. The Morgan fingerprint density at radius 1 is 0.850 bits per heavy atom. The van der Waals surface area contributed by atoms with Crippen molar-refractivity contribution in [2.24, 2.45) is 0 Å². The van der Waals surface area contributed by atoms with Crippen LogP contribution in [0.1, 0.15) is 19.4 Å². The molecule has 2 nitrogen and oxygen atoms in total. The summed E-state index contributed by atoms with van der Waals surface area (Å²) < 4.78 is 5.76. The van der Waals surface area contributed by atoms with Crippen molar-refractivity contribution in [2.45, 2.75) is 32.4 Å². The molecule has 106 valence electrons.